The van der Waals surface area contributed by atoms with Crippen LogP contribution in [0.1, 0.15) is 44.9 Å². The molecule has 3 aliphatic heterocycles. The smallest absolute Gasteiger partial charge is 0.293 e. The van der Waals surface area contributed by atoms with E-state index in [0.717, 1.165) is 64.7 Å². The largest absolute Gasteiger partial charge is 0.364 e. The topological polar surface area (TPSA) is 87.0 Å². The molecule has 9 heteroatoms. The predicted octanol–water partition coefficient (Wildman–Crippen LogP) is 2.83. The summed E-state index contributed by atoms with van der Waals surface area (Å²) in [6.07, 6.45) is 6.98. The highest BCUT2D eigenvalue weighted by molar-refractivity contribution is 7.89. The summed E-state index contributed by atoms with van der Waals surface area (Å²) in [6.45, 7) is 4.62. The lowest BCUT2D eigenvalue weighted by Crippen LogP contribution is -2.37. The fourth-order valence-electron chi connectivity index (χ4n) is 4.93. The second kappa shape index (κ2) is 8.57. The third-order valence-electron chi connectivity index (χ3n) is 6.49. The van der Waals surface area contributed by atoms with Crippen molar-refractivity contribution in [1.82, 2.24) is 9.21 Å². The molecule has 3 saturated heterocycles. The first-order valence-electron chi connectivity index (χ1n) is 10.7. The van der Waals surface area contributed by atoms with Crippen molar-refractivity contribution in [2.45, 2.75) is 55.9 Å². The number of hydrogen-bond donors (Lipinski definition) is 0. The van der Waals surface area contributed by atoms with Crippen LogP contribution in [0.3, 0.4) is 0 Å². The summed E-state index contributed by atoms with van der Waals surface area (Å²) in [7, 11) is -3.71. The minimum atomic E-state index is -3.71. The Morgan fingerprint density at radius 1 is 0.931 bits per heavy atom. The molecule has 1 aromatic rings. The SMILES string of the molecule is O=[N+]([O-])c1cc(S(=O)(=O)N2CCCCCC2)ccc1N1CCCN2CCCC2C1. The molecule has 0 saturated carbocycles. The lowest BCUT2D eigenvalue weighted by molar-refractivity contribution is -0.384. The fraction of sp³-hybridized carbons (Fsp3) is 0.700. The van der Waals surface area contributed by atoms with Gasteiger partial charge < -0.3 is 4.90 Å². The second-order valence-electron chi connectivity index (χ2n) is 8.36. The highest BCUT2D eigenvalue weighted by Gasteiger charge is 2.33. The van der Waals surface area contributed by atoms with Crippen molar-refractivity contribution in [1.29, 1.82) is 0 Å². The zero-order chi connectivity index (χ0) is 20.4. The van der Waals surface area contributed by atoms with E-state index < -0.39 is 14.9 Å². The Bertz CT molecular complexity index is 852. The molecule has 3 heterocycles. The molecule has 1 atom stereocenters. The molecule has 160 valence electrons. The molecule has 0 aromatic heterocycles. The minimum Gasteiger partial charge on any atom is -0.364 e. The van der Waals surface area contributed by atoms with Gasteiger partial charge >= 0.3 is 0 Å². The van der Waals surface area contributed by atoms with Crippen LogP contribution in [-0.4, -0.2) is 67.9 Å². The van der Waals surface area contributed by atoms with Crippen molar-refractivity contribution in [3.63, 3.8) is 0 Å². The van der Waals surface area contributed by atoms with Gasteiger partial charge in [-0.05, 0) is 50.8 Å². The van der Waals surface area contributed by atoms with Crippen LogP contribution in [0.4, 0.5) is 11.4 Å². The van der Waals surface area contributed by atoms with Gasteiger partial charge in [0.2, 0.25) is 10.0 Å². The maximum absolute atomic E-state index is 13.1. The number of nitrogens with zero attached hydrogens (tertiary/aromatic N) is 4. The molecule has 0 N–H and O–H groups in total. The first kappa shape index (κ1) is 20.6. The van der Waals surface area contributed by atoms with Gasteiger partial charge in [0.25, 0.3) is 5.69 Å². The molecular formula is C20H30N4O4S. The van der Waals surface area contributed by atoms with Crippen LogP contribution in [0.2, 0.25) is 0 Å². The van der Waals surface area contributed by atoms with Crippen LogP contribution in [-0.2, 0) is 10.0 Å². The summed E-state index contributed by atoms with van der Waals surface area (Å²) in [4.78, 5) is 16.0. The Hall–Kier alpha value is -1.71. The Kier molecular flexibility index (Phi) is 6.08. The van der Waals surface area contributed by atoms with Gasteiger partial charge in [0.15, 0.2) is 0 Å². The standard InChI is InChI=1S/C20H30N4O4S/c25-24(26)20-15-18(29(27,28)23-13-3-1-2-4-14-23)8-9-19(20)22-12-6-11-21-10-5-7-17(21)16-22/h8-9,15,17H,1-7,10-14,16H2. The van der Waals surface area contributed by atoms with Crippen LogP contribution in [0.25, 0.3) is 0 Å². The first-order chi connectivity index (χ1) is 14.0. The van der Waals surface area contributed by atoms with Gasteiger partial charge in [-0.2, -0.15) is 4.31 Å². The number of sulfonamides is 1. The van der Waals surface area contributed by atoms with E-state index in [1.165, 1.54) is 16.8 Å². The van der Waals surface area contributed by atoms with E-state index in [4.69, 9.17) is 0 Å². The predicted molar refractivity (Wildman–Crippen MR) is 112 cm³/mol. The van der Waals surface area contributed by atoms with Crippen LogP contribution < -0.4 is 4.90 Å². The third-order valence-corrected chi connectivity index (χ3v) is 8.39. The van der Waals surface area contributed by atoms with E-state index in [-0.39, 0.29) is 10.6 Å². The number of nitro groups is 1. The third kappa shape index (κ3) is 4.27. The number of benzene rings is 1. The molecule has 4 rings (SSSR count). The van der Waals surface area contributed by atoms with E-state index in [2.05, 4.69) is 9.80 Å². The highest BCUT2D eigenvalue weighted by atomic mass is 32.2. The van der Waals surface area contributed by atoms with E-state index in [0.29, 0.717) is 24.8 Å². The van der Waals surface area contributed by atoms with E-state index in [9.17, 15) is 18.5 Å². The average molecular weight is 423 g/mol. The number of rotatable bonds is 4. The van der Waals surface area contributed by atoms with Crippen LogP contribution in [0, 0.1) is 10.1 Å². The number of anilines is 1. The lowest BCUT2D eigenvalue weighted by Gasteiger charge is -2.27. The zero-order valence-corrected chi connectivity index (χ0v) is 17.6. The van der Waals surface area contributed by atoms with Gasteiger partial charge in [-0.15, -0.1) is 0 Å². The maximum Gasteiger partial charge on any atom is 0.293 e. The Morgan fingerprint density at radius 2 is 1.66 bits per heavy atom. The molecule has 3 aliphatic rings. The van der Waals surface area contributed by atoms with Gasteiger partial charge in [-0.1, -0.05) is 12.8 Å². The average Bonchev–Trinajstić information content (AvgIpc) is 2.90. The molecular weight excluding hydrogens is 392 g/mol. The normalized spacial score (nSPS) is 24.7. The second-order valence-corrected chi connectivity index (χ2v) is 10.3. The molecule has 1 unspecified atom stereocenters. The summed E-state index contributed by atoms with van der Waals surface area (Å²) < 4.78 is 27.7. The summed E-state index contributed by atoms with van der Waals surface area (Å²) >= 11 is 0. The maximum atomic E-state index is 13.1. The number of nitro benzene ring substituents is 1. The summed E-state index contributed by atoms with van der Waals surface area (Å²) in [5, 5.41) is 11.8. The molecule has 0 spiro atoms. The minimum absolute atomic E-state index is 0.0344. The van der Waals surface area contributed by atoms with Gasteiger partial charge in [-0.3, -0.25) is 15.0 Å². The van der Waals surface area contributed by atoms with E-state index in [1.54, 1.807) is 12.1 Å². The molecule has 0 amide bonds. The molecule has 1 aromatic carbocycles. The van der Waals surface area contributed by atoms with Crippen LogP contribution in [0.5, 0.6) is 0 Å². The zero-order valence-electron chi connectivity index (χ0n) is 16.8. The fourth-order valence-corrected chi connectivity index (χ4v) is 6.47. The first-order valence-corrected chi connectivity index (χ1v) is 12.2. The summed E-state index contributed by atoms with van der Waals surface area (Å²) in [5.74, 6) is 0. The Balaban J connectivity index is 1.64. The van der Waals surface area contributed by atoms with E-state index in [1.807, 2.05) is 0 Å². The van der Waals surface area contributed by atoms with Gasteiger partial charge in [0, 0.05) is 44.8 Å². The Morgan fingerprint density at radius 3 is 2.38 bits per heavy atom. The van der Waals surface area contributed by atoms with E-state index >= 15 is 0 Å². The highest BCUT2D eigenvalue weighted by Crippen LogP contribution is 2.34. The van der Waals surface area contributed by atoms with Gasteiger partial charge in [-0.25, -0.2) is 8.42 Å². The quantitative estimate of drug-likeness (QED) is 0.548. The molecule has 29 heavy (non-hydrogen) atoms. The van der Waals surface area contributed by atoms with Crippen molar-refractivity contribution >= 4 is 21.4 Å². The monoisotopic (exact) mass is 422 g/mol. The summed E-state index contributed by atoms with van der Waals surface area (Å²) in [6, 6.07) is 4.90. The van der Waals surface area contributed by atoms with Crippen molar-refractivity contribution in [2.24, 2.45) is 0 Å². The van der Waals surface area contributed by atoms with Crippen LogP contribution >= 0.6 is 0 Å². The van der Waals surface area contributed by atoms with Gasteiger partial charge in [0.1, 0.15) is 5.69 Å². The molecule has 8 nitrogen and oxygen atoms in total. The number of fused-ring (bicyclic) bond motifs is 1. The summed E-state index contributed by atoms with van der Waals surface area (Å²) in [5.41, 5.74) is 0.436. The lowest BCUT2D eigenvalue weighted by atomic mass is 10.2. The number of hydrogen-bond acceptors (Lipinski definition) is 6. The van der Waals surface area contributed by atoms with Crippen molar-refractivity contribution < 1.29 is 13.3 Å². The Labute approximate surface area is 172 Å². The molecule has 3 fully saturated rings. The molecule has 0 radical (unpaired) electrons. The van der Waals surface area contributed by atoms with Crippen molar-refractivity contribution in [2.75, 3.05) is 44.2 Å². The molecule has 0 bridgehead atoms. The molecule has 0 aliphatic carbocycles. The van der Waals surface area contributed by atoms with Crippen molar-refractivity contribution in [3.05, 3.63) is 28.3 Å². The van der Waals surface area contributed by atoms with Crippen molar-refractivity contribution in [3.8, 4) is 0 Å². The van der Waals surface area contributed by atoms with Gasteiger partial charge in [0.05, 0.1) is 9.82 Å². The van der Waals surface area contributed by atoms with Crippen LogP contribution in [0.15, 0.2) is 23.1 Å².